The van der Waals surface area contributed by atoms with E-state index < -0.39 is 0 Å². The molecule has 0 aromatic carbocycles. The molecular weight excluding hydrogens is 192 g/mol. The van der Waals surface area contributed by atoms with Gasteiger partial charge in [-0.15, -0.1) is 0 Å². The van der Waals surface area contributed by atoms with E-state index in [0.29, 0.717) is 12.5 Å². The van der Waals surface area contributed by atoms with Crippen LogP contribution in [0.1, 0.15) is 26.0 Å². The summed E-state index contributed by atoms with van der Waals surface area (Å²) in [6.45, 7) is 5.90. The number of rotatable bonds is 5. The molecule has 0 aliphatic carbocycles. The lowest BCUT2D eigenvalue weighted by Gasteiger charge is -2.06. The van der Waals surface area contributed by atoms with Gasteiger partial charge in [0.2, 0.25) is 5.43 Å². The van der Waals surface area contributed by atoms with Gasteiger partial charge in [0, 0.05) is 24.5 Å². The standard InChI is InChI=1S/C11H18N2O2/c1-8(2)3-4-12-6-9-5-10(14)11(15)7-13-9/h5,7-8,12,15H,3-4,6H2,1-2H3,(H,13,14). The zero-order valence-corrected chi connectivity index (χ0v) is 9.21. The van der Waals surface area contributed by atoms with Gasteiger partial charge < -0.3 is 15.4 Å². The summed E-state index contributed by atoms with van der Waals surface area (Å²) in [5, 5.41) is 12.3. The molecule has 1 rings (SSSR count). The molecule has 0 saturated carbocycles. The summed E-state index contributed by atoms with van der Waals surface area (Å²) in [5.41, 5.74) is 0.455. The number of hydrogen-bond donors (Lipinski definition) is 3. The number of hydrogen-bond acceptors (Lipinski definition) is 3. The van der Waals surface area contributed by atoms with Crippen LogP contribution < -0.4 is 10.7 Å². The average Bonchev–Trinajstić information content (AvgIpc) is 2.18. The molecule has 0 fully saturated rings. The van der Waals surface area contributed by atoms with Gasteiger partial charge >= 0.3 is 0 Å². The Morgan fingerprint density at radius 1 is 1.53 bits per heavy atom. The molecule has 0 unspecified atom stereocenters. The Morgan fingerprint density at radius 3 is 2.87 bits per heavy atom. The Bertz CT molecular complexity index is 358. The summed E-state index contributed by atoms with van der Waals surface area (Å²) in [6, 6.07) is 1.41. The fourth-order valence-electron chi connectivity index (χ4n) is 1.22. The fraction of sp³-hybridized carbons (Fsp3) is 0.545. The molecule has 0 bridgehead atoms. The second kappa shape index (κ2) is 5.56. The summed E-state index contributed by atoms with van der Waals surface area (Å²) in [6.07, 6.45) is 2.43. The van der Waals surface area contributed by atoms with Crippen LogP contribution in [0, 0.1) is 5.92 Å². The summed E-state index contributed by atoms with van der Waals surface area (Å²) < 4.78 is 0. The van der Waals surface area contributed by atoms with Crippen LogP contribution in [0.4, 0.5) is 0 Å². The van der Waals surface area contributed by atoms with E-state index in [1.54, 1.807) is 0 Å². The van der Waals surface area contributed by atoms with E-state index in [2.05, 4.69) is 24.1 Å². The molecule has 0 aliphatic heterocycles. The van der Waals surface area contributed by atoms with Gasteiger partial charge in [-0.1, -0.05) is 13.8 Å². The van der Waals surface area contributed by atoms with Crippen LogP contribution >= 0.6 is 0 Å². The zero-order valence-electron chi connectivity index (χ0n) is 9.21. The number of nitrogens with one attached hydrogen (secondary N) is 2. The van der Waals surface area contributed by atoms with Crippen LogP contribution in [-0.4, -0.2) is 16.6 Å². The Kier molecular flexibility index (Phi) is 4.37. The second-order valence-electron chi connectivity index (χ2n) is 4.07. The Labute approximate surface area is 89.3 Å². The number of aromatic amines is 1. The second-order valence-corrected chi connectivity index (χ2v) is 4.07. The summed E-state index contributed by atoms with van der Waals surface area (Å²) >= 11 is 0. The first-order valence-electron chi connectivity index (χ1n) is 5.21. The van der Waals surface area contributed by atoms with Gasteiger partial charge in [0.15, 0.2) is 5.75 Å². The van der Waals surface area contributed by atoms with E-state index in [1.807, 2.05) is 0 Å². The highest BCUT2D eigenvalue weighted by Gasteiger charge is 1.99. The summed E-state index contributed by atoms with van der Waals surface area (Å²) in [7, 11) is 0. The van der Waals surface area contributed by atoms with Gasteiger partial charge in [-0.05, 0) is 18.9 Å². The van der Waals surface area contributed by atoms with Crippen molar-refractivity contribution in [1.82, 2.24) is 10.3 Å². The molecule has 0 radical (unpaired) electrons. The van der Waals surface area contributed by atoms with E-state index in [9.17, 15) is 4.79 Å². The molecule has 0 amide bonds. The van der Waals surface area contributed by atoms with Crippen molar-refractivity contribution >= 4 is 0 Å². The fourth-order valence-corrected chi connectivity index (χ4v) is 1.22. The summed E-state index contributed by atoms with van der Waals surface area (Å²) in [5.74, 6) is 0.442. The Hall–Kier alpha value is -1.29. The first-order valence-corrected chi connectivity index (χ1v) is 5.21. The monoisotopic (exact) mass is 210 g/mol. The lowest BCUT2D eigenvalue weighted by molar-refractivity contribution is 0.466. The van der Waals surface area contributed by atoms with E-state index in [-0.39, 0.29) is 11.2 Å². The molecule has 0 atom stereocenters. The van der Waals surface area contributed by atoms with Crippen molar-refractivity contribution in [2.24, 2.45) is 5.92 Å². The van der Waals surface area contributed by atoms with Crippen molar-refractivity contribution in [1.29, 1.82) is 0 Å². The van der Waals surface area contributed by atoms with E-state index >= 15 is 0 Å². The number of aromatic nitrogens is 1. The van der Waals surface area contributed by atoms with Gasteiger partial charge in [-0.25, -0.2) is 0 Å². The predicted molar refractivity (Wildman–Crippen MR) is 59.9 cm³/mol. The molecule has 0 aliphatic rings. The Morgan fingerprint density at radius 2 is 2.27 bits per heavy atom. The highest BCUT2D eigenvalue weighted by atomic mass is 16.3. The highest BCUT2D eigenvalue weighted by Crippen LogP contribution is 1.99. The van der Waals surface area contributed by atoms with Gasteiger partial charge in [-0.3, -0.25) is 4.79 Å². The maximum atomic E-state index is 11.1. The normalized spacial score (nSPS) is 10.9. The van der Waals surface area contributed by atoms with Crippen molar-refractivity contribution < 1.29 is 5.11 Å². The molecule has 4 heteroatoms. The van der Waals surface area contributed by atoms with Crippen molar-refractivity contribution in [2.45, 2.75) is 26.8 Å². The summed E-state index contributed by atoms with van der Waals surface area (Å²) in [4.78, 5) is 13.9. The zero-order chi connectivity index (χ0) is 11.3. The van der Waals surface area contributed by atoms with E-state index in [1.165, 1.54) is 12.3 Å². The molecule has 15 heavy (non-hydrogen) atoms. The van der Waals surface area contributed by atoms with Crippen molar-refractivity contribution in [3.63, 3.8) is 0 Å². The van der Waals surface area contributed by atoms with Crippen LogP contribution in [0.25, 0.3) is 0 Å². The van der Waals surface area contributed by atoms with Crippen LogP contribution in [0.3, 0.4) is 0 Å². The van der Waals surface area contributed by atoms with Crippen LogP contribution in [0.15, 0.2) is 17.1 Å². The quantitative estimate of drug-likeness (QED) is 0.640. The maximum absolute atomic E-state index is 11.1. The third kappa shape index (κ3) is 4.16. The van der Waals surface area contributed by atoms with Crippen LogP contribution in [-0.2, 0) is 6.54 Å². The molecular formula is C11H18N2O2. The van der Waals surface area contributed by atoms with Crippen molar-refractivity contribution in [3.8, 4) is 5.75 Å². The minimum Gasteiger partial charge on any atom is -0.503 e. The average molecular weight is 210 g/mol. The maximum Gasteiger partial charge on any atom is 0.223 e. The third-order valence-electron chi connectivity index (χ3n) is 2.17. The van der Waals surface area contributed by atoms with Crippen molar-refractivity contribution in [2.75, 3.05) is 6.54 Å². The minimum atomic E-state index is -0.339. The highest BCUT2D eigenvalue weighted by molar-refractivity contribution is 5.18. The number of aromatic hydroxyl groups is 1. The molecule has 1 aromatic heterocycles. The largest absolute Gasteiger partial charge is 0.503 e. The van der Waals surface area contributed by atoms with Gasteiger partial charge in [0.25, 0.3) is 0 Å². The predicted octanol–water partition coefficient (Wildman–Crippen LogP) is 1.22. The minimum absolute atomic E-state index is 0.235. The lowest BCUT2D eigenvalue weighted by atomic mass is 10.1. The third-order valence-corrected chi connectivity index (χ3v) is 2.17. The molecule has 0 saturated heterocycles. The molecule has 0 spiro atoms. The van der Waals surface area contributed by atoms with Gasteiger partial charge in [0.1, 0.15) is 0 Å². The topological polar surface area (TPSA) is 65.1 Å². The Balaban J connectivity index is 2.38. The molecule has 3 N–H and O–H groups in total. The first kappa shape index (κ1) is 11.8. The van der Waals surface area contributed by atoms with E-state index in [0.717, 1.165) is 18.7 Å². The smallest absolute Gasteiger partial charge is 0.223 e. The van der Waals surface area contributed by atoms with E-state index in [4.69, 9.17) is 5.11 Å². The number of pyridine rings is 1. The first-order chi connectivity index (χ1) is 7.09. The van der Waals surface area contributed by atoms with Gasteiger partial charge in [0.05, 0.1) is 0 Å². The number of H-pyrrole nitrogens is 1. The van der Waals surface area contributed by atoms with Gasteiger partial charge in [-0.2, -0.15) is 0 Å². The lowest BCUT2D eigenvalue weighted by Crippen LogP contribution is -2.18. The van der Waals surface area contributed by atoms with Crippen LogP contribution in [0.2, 0.25) is 0 Å². The molecule has 84 valence electrons. The molecule has 1 aromatic rings. The molecule has 1 heterocycles. The van der Waals surface area contributed by atoms with Crippen LogP contribution in [0.5, 0.6) is 5.75 Å². The molecule has 4 nitrogen and oxygen atoms in total. The van der Waals surface area contributed by atoms with Crippen molar-refractivity contribution in [3.05, 3.63) is 28.2 Å². The SMILES string of the molecule is CC(C)CCNCc1cc(=O)c(O)c[nH]1.